The quantitative estimate of drug-likeness (QED) is 0.535. The number of nitrogens with one attached hydrogen (secondary N) is 2. The summed E-state index contributed by atoms with van der Waals surface area (Å²) in [5, 5.41) is 2.55. The number of benzene rings is 2. The third-order valence-electron chi connectivity index (χ3n) is 5.97. The topological polar surface area (TPSA) is 90.6 Å². The summed E-state index contributed by atoms with van der Waals surface area (Å²) in [6.07, 6.45) is -0.564. The summed E-state index contributed by atoms with van der Waals surface area (Å²) in [6.45, 7) is 9.84. The number of methoxy groups -OCH3 is 1. The highest BCUT2D eigenvalue weighted by molar-refractivity contribution is 7.99. The van der Waals surface area contributed by atoms with Crippen molar-refractivity contribution in [2.24, 2.45) is 5.92 Å². The zero-order valence-corrected chi connectivity index (χ0v) is 21.0. The molecular formula is C25H31N5O3S. The highest BCUT2D eigenvalue weighted by Gasteiger charge is 2.33. The van der Waals surface area contributed by atoms with E-state index in [-0.39, 0.29) is 23.9 Å². The summed E-state index contributed by atoms with van der Waals surface area (Å²) in [7, 11) is 1.31. The predicted octanol–water partition coefficient (Wildman–Crippen LogP) is 4.97. The number of carbonyl (C=O) groups excluding carboxylic acids is 2. The highest BCUT2D eigenvalue weighted by Crippen LogP contribution is 2.32. The molecule has 2 heterocycles. The molecule has 4 rings (SSSR count). The minimum absolute atomic E-state index is 0.0177. The van der Waals surface area contributed by atoms with Crippen molar-refractivity contribution in [3.05, 3.63) is 42.5 Å². The summed E-state index contributed by atoms with van der Waals surface area (Å²) in [6, 6.07) is 14.8. The molecule has 0 bridgehead atoms. The van der Waals surface area contributed by atoms with E-state index in [1.54, 1.807) is 11.8 Å². The number of aromatic amines is 1. The van der Waals surface area contributed by atoms with E-state index in [0.717, 1.165) is 33.9 Å². The van der Waals surface area contributed by atoms with E-state index < -0.39 is 6.09 Å². The average Bonchev–Trinajstić information content (AvgIpc) is 3.20. The fraction of sp³-hybridized carbons (Fsp3) is 0.400. The van der Waals surface area contributed by atoms with Gasteiger partial charge in [-0.15, -0.1) is 0 Å². The van der Waals surface area contributed by atoms with Crippen LogP contribution in [-0.2, 0) is 9.53 Å². The number of amides is 2. The second-order valence-electron chi connectivity index (χ2n) is 8.98. The van der Waals surface area contributed by atoms with Crippen LogP contribution in [0, 0.1) is 5.92 Å². The normalized spacial score (nSPS) is 18.4. The molecular weight excluding hydrogens is 450 g/mol. The van der Waals surface area contributed by atoms with Crippen molar-refractivity contribution >= 4 is 46.4 Å². The SMILES string of the molecule is COC(=O)Nc1nc2cc(Sc3ccc(N4CC(C)N(C(=O)C(C)C)C(C)C4)cc3)ccc2[nH]1. The number of anilines is 2. The first-order valence-electron chi connectivity index (χ1n) is 11.4. The molecule has 34 heavy (non-hydrogen) atoms. The Bertz CT molecular complexity index is 1170. The van der Waals surface area contributed by atoms with E-state index in [9.17, 15) is 9.59 Å². The van der Waals surface area contributed by atoms with Crippen LogP contribution in [0.4, 0.5) is 16.4 Å². The molecule has 2 amide bonds. The van der Waals surface area contributed by atoms with Gasteiger partial charge < -0.3 is 19.5 Å². The first-order chi connectivity index (χ1) is 16.2. The lowest BCUT2D eigenvalue weighted by Crippen LogP contribution is -2.59. The largest absolute Gasteiger partial charge is 0.453 e. The number of aromatic nitrogens is 2. The van der Waals surface area contributed by atoms with Gasteiger partial charge in [0.1, 0.15) is 0 Å². The molecule has 0 aliphatic carbocycles. The molecule has 1 fully saturated rings. The lowest BCUT2D eigenvalue weighted by atomic mass is 10.0. The number of nitrogens with zero attached hydrogens (tertiary/aromatic N) is 3. The minimum atomic E-state index is -0.564. The molecule has 1 saturated heterocycles. The first-order valence-corrected chi connectivity index (χ1v) is 12.3. The average molecular weight is 482 g/mol. The lowest BCUT2D eigenvalue weighted by molar-refractivity contribution is -0.139. The Balaban J connectivity index is 1.42. The molecule has 1 aliphatic heterocycles. The number of hydrogen-bond acceptors (Lipinski definition) is 6. The van der Waals surface area contributed by atoms with E-state index >= 15 is 0 Å². The van der Waals surface area contributed by atoms with Crippen LogP contribution < -0.4 is 10.2 Å². The van der Waals surface area contributed by atoms with Crippen molar-refractivity contribution in [2.75, 3.05) is 30.4 Å². The second-order valence-corrected chi connectivity index (χ2v) is 10.1. The van der Waals surface area contributed by atoms with E-state index in [1.165, 1.54) is 12.8 Å². The summed E-state index contributed by atoms with van der Waals surface area (Å²) < 4.78 is 4.61. The van der Waals surface area contributed by atoms with Gasteiger partial charge in [0.05, 0.1) is 18.1 Å². The van der Waals surface area contributed by atoms with Gasteiger partial charge in [-0.3, -0.25) is 10.1 Å². The Labute approximate surface area is 204 Å². The number of ether oxygens (including phenoxy) is 1. The number of piperazine rings is 1. The van der Waals surface area contributed by atoms with Crippen molar-refractivity contribution < 1.29 is 14.3 Å². The number of carbonyl (C=O) groups is 2. The van der Waals surface area contributed by atoms with E-state index in [4.69, 9.17) is 0 Å². The van der Waals surface area contributed by atoms with Crippen LogP contribution >= 0.6 is 11.8 Å². The third kappa shape index (κ3) is 5.14. The van der Waals surface area contributed by atoms with Crippen LogP contribution in [0.2, 0.25) is 0 Å². The number of fused-ring (bicyclic) bond motifs is 1. The van der Waals surface area contributed by atoms with Crippen molar-refractivity contribution in [3.8, 4) is 0 Å². The lowest BCUT2D eigenvalue weighted by Gasteiger charge is -2.46. The van der Waals surface area contributed by atoms with Gasteiger partial charge in [0.2, 0.25) is 11.9 Å². The molecule has 9 heteroatoms. The summed E-state index contributed by atoms with van der Waals surface area (Å²) in [5.41, 5.74) is 2.77. The Kier molecular flexibility index (Phi) is 7.02. The van der Waals surface area contributed by atoms with E-state index in [1.807, 2.05) is 36.9 Å². The van der Waals surface area contributed by atoms with Gasteiger partial charge in [-0.05, 0) is 56.3 Å². The second kappa shape index (κ2) is 9.97. The summed E-state index contributed by atoms with van der Waals surface area (Å²) in [5.74, 6) is 0.602. The van der Waals surface area contributed by atoms with E-state index in [2.05, 4.69) is 63.0 Å². The van der Waals surface area contributed by atoms with Gasteiger partial charge >= 0.3 is 6.09 Å². The predicted molar refractivity (Wildman–Crippen MR) is 136 cm³/mol. The molecule has 2 atom stereocenters. The van der Waals surface area contributed by atoms with Gasteiger partial charge in [0.25, 0.3) is 0 Å². The number of hydrogen-bond donors (Lipinski definition) is 2. The molecule has 2 aromatic carbocycles. The third-order valence-corrected chi connectivity index (χ3v) is 6.96. The van der Waals surface area contributed by atoms with Crippen LogP contribution in [0.15, 0.2) is 52.3 Å². The zero-order chi connectivity index (χ0) is 24.4. The standard InChI is InChI=1S/C25H31N5O3S/c1-15(2)23(31)30-16(3)13-29(14-17(30)4)18-6-8-19(9-7-18)34-20-10-11-21-22(12-20)27-24(26-21)28-25(32)33-5/h6-12,15-17H,13-14H2,1-5H3,(H2,26,27,28,32). The van der Waals surface area contributed by atoms with Gasteiger partial charge in [0.15, 0.2) is 0 Å². The van der Waals surface area contributed by atoms with E-state index in [0.29, 0.717) is 5.95 Å². The minimum Gasteiger partial charge on any atom is -0.453 e. The number of H-pyrrole nitrogens is 1. The smallest absolute Gasteiger partial charge is 0.413 e. The van der Waals surface area contributed by atoms with Crippen LogP contribution in [0.25, 0.3) is 11.0 Å². The maximum atomic E-state index is 12.6. The Morgan fingerprint density at radius 2 is 1.74 bits per heavy atom. The summed E-state index contributed by atoms with van der Waals surface area (Å²) in [4.78, 5) is 38.0. The Morgan fingerprint density at radius 3 is 2.35 bits per heavy atom. The van der Waals surface area contributed by atoms with Gasteiger partial charge in [-0.1, -0.05) is 25.6 Å². The number of rotatable bonds is 5. The zero-order valence-electron chi connectivity index (χ0n) is 20.2. The van der Waals surface area contributed by atoms with Crippen LogP contribution in [0.3, 0.4) is 0 Å². The molecule has 0 radical (unpaired) electrons. The maximum Gasteiger partial charge on any atom is 0.413 e. The molecule has 2 N–H and O–H groups in total. The number of imidazole rings is 1. The molecule has 0 spiro atoms. The van der Waals surface area contributed by atoms with Gasteiger partial charge in [0, 0.05) is 46.6 Å². The van der Waals surface area contributed by atoms with Crippen LogP contribution in [-0.4, -0.2) is 59.2 Å². The molecule has 2 unspecified atom stereocenters. The van der Waals surface area contributed by atoms with Crippen LogP contribution in [0.1, 0.15) is 27.7 Å². The summed E-state index contributed by atoms with van der Waals surface area (Å²) >= 11 is 1.66. The van der Waals surface area contributed by atoms with Gasteiger partial charge in [-0.25, -0.2) is 9.78 Å². The van der Waals surface area contributed by atoms with Crippen molar-refractivity contribution in [3.63, 3.8) is 0 Å². The van der Waals surface area contributed by atoms with Gasteiger partial charge in [-0.2, -0.15) is 0 Å². The highest BCUT2D eigenvalue weighted by atomic mass is 32.2. The molecule has 1 aliphatic rings. The van der Waals surface area contributed by atoms with Crippen LogP contribution in [0.5, 0.6) is 0 Å². The Morgan fingerprint density at radius 1 is 1.09 bits per heavy atom. The first kappa shape index (κ1) is 23.9. The maximum absolute atomic E-state index is 12.6. The van der Waals surface area contributed by atoms with Crippen molar-refractivity contribution in [1.29, 1.82) is 0 Å². The molecule has 8 nitrogen and oxygen atoms in total. The molecule has 1 aromatic heterocycles. The fourth-order valence-corrected chi connectivity index (χ4v) is 5.23. The van der Waals surface area contributed by atoms with Crippen molar-refractivity contribution in [2.45, 2.75) is 49.6 Å². The molecule has 3 aromatic rings. The van der Waals surface area contributed by atoms with Crippen molar-refractivity contribution in [1.82, 2.24) is 14.9 Å². The fourth-order valence-electron chi connectivity index (χ4n) is 4.38. The molecule has 180 valence electrons. The molecule has 0 saturated carbocycles. The monoisotopic (exact) mass is 481 g/mol. The Hall–Kier alpha value is -3.20.